The van der Waals surface area contributed by atoms with E-state index in [2.05, 4.69) is 75.3 Å². The summed E-state index contributed by atoms with van der Waals surface area (Å²) in [5.41, 5.74) is 7.83. The Morgan fingerprint density at radius 1 is 0.968 bits per heavy atom. The predicted octanol–water partition coefficient (Wildman–Crippen LogP) is 6.45. The SMILES string of the molecule is Cc1cc(Br)cc2c1CCN(C(=O)OC(C)(C)C)C2.Cc1cc(Br)cc2c1CCNC2. The van der Waals surface area contributed by atoms with Crippen LogP contribution in [0.5, 0.6) is 0 Å². The number of aryl methyl sites for hydroxylation is 2. The van der Waals surface area contributed by atoms with E-state index in [1.807, 2.05) is 20.8 Å². The van der Waals surface area contributed by atoms with Crippen LogP contribution in [0.1, 0.15) is 54.2 Å². The quantitative estimate of drug-likeness (QED) is 0.409. The molecular weight excluding hydrogens is 520 g/mol. The van der Waals surface area contributed by atoms with Crippen molar-refractivity contribution in [2.75, 3.05) is 13.1 Å². The van der Waals surface area contributed by atoms with Crippen LogP contribution < -0.4 is 5.32 Å². The fourth-order valence-electron chi connectivity index (χ4n) is 4.15. The van der Waals surface area contributed by atoms with Crippen LogP contribution in [-0.2, 0) is 30.7 Å². The molecule has 0 bridgehead atoms. The minimum absolute atomic E-state index is 0.226. The second kappa shape index (κ2) is 10.1. The molecule has 0 radical (unpaired) electrons. The zero-order valence-corrected chi connectivity index (χ0v) is 22.2. The molecule has 0 unspecified atom stereocenters. The third-order valence-electron chi connectivity index (χ3n) is 5.57. The average molecular weight is 552 g/mol. The van der Waals surface area contributed by atoms with Crippen molar-refractivity contribution < 1.29 is 9.53 Å². The van der Waals surface area contributed by atoms with Gasteiger partial charge in [0.15, 0.2) is 0 Å². The number of benzene rings is 2. The summed E-state index contributed by atoms with van der Waals surface area (Å²) in [5.74, 6) is 0. The lowest BCUT2D eigenvalue weighted by atomic mass is 9.95. The fraction of sp³-hybridized carbons (Fsp3) is 0.480. The third-order valence-corrected chi connectivity index (χ3v) is 6.49. The summed E-state index contributed by atoms with van der Waals surface area (Å²) in [7, 11) is 0. The molecule has 0 atom stereocenters. The highest BCUT2D eigenvalue weighted by atomic mass is 79.9. The molecule has 2 aliphatic rings. The number of hydrogen-bond donors (Lipinski definition) is 1. The van der Waals surface area contributed by atoms with Gasteiger partial charge in [0.05, 0.1) is 0 Å². The Kier molecular flexibility index (Phi) is 7.87. The number of halogens is 2. The van der Waals surface area contributed by atoms with Crippen LogP contribution in [0.25, 0.3) is 0 Å². The minimum atomic E-state index is -0.440. The van der Waals surface area contributed by atoms with Gasteiger partial charge in [0.2, 0.25) is 0 Å². The maximum absolute atomic E-state index is 12.1. The number of amides is 1. The van der Waals surface area contributed by atoms with Crippen LogP contribution in [0.2, 0.25) is 0 Å². The number of carbonyl (C=O) groups excluding carboxylic acids is 1. The van der Waals surface area contributed by atoms with Crippen molar-refractivity contribution in [1.82, 2.24) is 10.2 Å². The van der Waals surface area contributed by atoms with Crippen molar-refractivity contribution in [3.63, 3.8) is 0 Å². The van der Waals surface area contributed by atoms with Gasteiger partial charge < -0.3 is 15.0 Å². The monoisotopic (exact) mass is 550 g/mol. The van der Waals surface area contributed by atoms with Crippen molar-refractivity contribution in [2.45, 2.75) is 66.2 Å². The van der Waals surface area contributed by atoms with Gasteiger partial charge in [-0.25, -0.2) is 4.79 Å². The molecule has 0 saturated heterocycles. The van der Waals surface area contributed by atoms with E-state index in [0.717, 1.165) is 30.5 Å². The van der Waals surface area contributed by atoms with Crippen molar-refractivity contribution >= 4 is 38.0 Å². The number of nitrogens with one attached hydrogen (secondary N) is 1. The first-order valence-corrected chi connectivity index (χ1v) is 12.4. The average Bonchev–Trinajstić information content (AvgIpc) is 2.66. The third kappa shape index (κ3) is 6.56. The first-order valence-electron chi connectivity index (χ1n) is 10.8. The highest BCUT2D eigenvalue weighted by molar-refractivity contribution is 9.10. The summed E-state index contributed by atoms with van der Waals surface area (Å²) < 4.78 is 7.69. The smallest absolute Gasteiger partial charge is 0.410 e. The van der Waals surface area contributed by atoms with E-state index in [-0.39, 0.29) is 6.09 Å². The summed E-state index contributed by atoms with van der Waals surface area (Å²) in [6.45, 7) is 13.5. The van der Waals surface area contributed by atoms with Crippen LogP contribution in [0.15, 0.2) is 33.2 Å². The molecule has 0 aliphatic carbocycles. The van der Waals surface area contributed by atoms with Crippen LogP contribution in [-0.4, -0.2) is 29.7 Å². The van der Waals surface area contributed by atoms with Gasteiger partial charge in [-0.2, -0.15) is 0 Å². The van der Waals surface area contributed by atoms with Gasteiger partial charge in [-0.3, -0.25) is 0 Å². The van der Waals surface area contributed by atoms with Gasteiger partial charge in [-0.1, -0.05) is 31.9 Å². The van der Waals surface area contributed by atoms with Crippen molar-refractivity contribution in [3.8, 4) is 0 Å². The van der Waals surface area contributed by atoms with Gasteiger partial charge in [-0.15, -0.1) is 0 Å². The van der Waals surface area contributed by atoms with Crippen LogP contribution in [0.3, 0.4) is 0 Å². The molecule has 2 heterocycles. The number of nitrogens with zero attached hydrogens (tertiary/aromatic N) is 1. The van der Waals surface area contributed by atoms with Crippen LogP contribution in [0.4, 0.5) is 4.79 Å². The second-order valence-corrected chi connectivity index (χ2v) is 11.1. The molecule has 31 heavy (non-hydrogen) atoms. The van der Waals surface area contributed by atoms with E-state index in [0.29, 0.717) is 6.54 Å². The van der Waals surface area contributed by atoms with Crippen LogP contribution >= 0.6 is 31.9 Å². The summed E-state index contributed by atoms with van der Waals surface area (Å²) in [5, 5.41) is 3.37. The summed E-state index contributed by atoms with van der Waals surface area (Å²) in [6.07, 6.45) is 1.85. The van der Waals surface area contributed by atoms with Gasteiger partial charge in [-0.05, 0) is 112 Å². The van der Waals surface area contributed by atoms with E-state index in [4.69, 9.17) is 4.74 Å². The Bertz CT molecular complexity index is 967. The van der Waals surface area contributed by atoms with E-state index in [1.165, 1.54) is 44.3 Å². The van der Waals surface area contributed by atoms with E-state index >= 15 is 0 Å². The fourth-order valence-corrected chi connectivity index (χ4v) is 5.39. The Labute approximate surface area is 203 Å². The summed E-state index contributed by atoms with van der Waals surface area (Å²) in [6, 6.07) is 8.64. The molecule has 4 nitrogen and oxygen atoms in total. The van der Waals surface area contributed by atoms with Gasteiger partial charge in [0, 0.05) is 28.6 Å². The molecule has 168 valence electrons. The number of hydrogen-bond acceptors (Lipinski definition) is 3. The first-order chi connectivity index (χ1) is 14.5. The molecule has 0 aromatic heterocycles. The summed E-state index contributed by atoms with van der Waals surface area (Å²) in [4.78, 5) is 13.9. The Morgan fingerprint density at radius 2 is 1.55 bits per heavy atom. The van der Waals surface area contributed by atoms with E-state index < -0.39 is 5.60 Å². The van der Waals surface area contributed by atoms with E-state index in [9.17, 15) is 4.79 Å². The Morgan fingerprint density at radius 3 is 2.16 bits per heavy atom. The summed E-state index contributed by atoms with van der Waals surface area (Å²) >= 11 is 7.03. The topological polar surface area (TPSA) is 41.6 Å². The van der Waals surface area contributed by atoms with Gasteiger partial charge >= 0.3 is 6.09 Å². The first kappa shape index (κ1) is 24.3. The number of ether oxygens (including phenoxy) is 1. The maximum Gasteiger partial charge on any atom is 0.410 e. The highest BCUT2D eigenvalue weighted by Crippen LogP contribution is 2.27. The van der Waals surface area contributed by atoms with E-state index in [1.54, 1.807) is 4.90 Å². The number of rotatable bonds is 0. The molecule has 0 spiro atoms. The van der Waals surface area contributed by atoms with Crippen LogP contribution in [0, 0.1) is 13.8 Å². The van der Waals surface area contributed by atoms with Gasteiger partial charge in [0.25, 0.3) is 0 Å². The molecule has 0 fully saturated rings. The molecular formula is C25H32Br2N2O2. The lowest BCUT2D eigenvalue weighted by Gasteiger charge is -2.32. The number of fused-ring (bicyclic) bond motifs is 2. The molecule has 6 heteroatoms. The van der Waals surface area contributed by atoms with Crippen molar-refractivity contribution in [1.29, 1.82) is 0 Å². The Balaban J connectivity index is 0.000000194. The highest BCUT2D eigenvalue weighted by Gasteiger charge is 2.26. The van der Waals surface area contributed by atoms with Crippen molar-refractivity contribution in [2.24, 2.45) is 0 Å². The zero-order chi connectivity index (χ0) is 22.8. The predicted molar refractivity (Wildman–Crippen MR) is 134 cm³/mol. The number of carbonyl (C=O) groups is 1. The second-order valence-electron chi connectivity index (χ2n) is 9.30. The normalized spacial score (nSPS) is 15.4. The maximum atomic E-state index is 12.1. The standard InChI is InChI=1S/C15H20BrNO2.C10H12BrN/c1-10-7-12(16)8-11-9-17(6-5-13(10)11)14(18)19-15(2,3)4;1-7-4-9(11)5-8-6-12-3-2-10(7)8/h7-8H,5-6,9H2,1-4H3;4-5,12H,2-3,6H2,1H3. The zero-order valence-electron chi connectivity index (χ0n) is 19.1. The van der Waals surface area contributed by atoms with Gasteiger partial charge in [0.1, 0.15) is 5.60 Å². The largest absolute Gasteiger partial charge is 0.444 e. The molecule has 2 aliphatic heterocycles. The molecule has 0 saturated carbocycles. The molecule has 1 N–H and O–H groups in total. The Hall–Kier alpha value is -1.37. The van der Waals surface area contributed by atoms with Crippen molar-refractivity contribution in [3.05, 3.63) is 66.6 Å². The lowest BCUT2D eigenvalue weighted by Crippen LogP contribution is -2.40. The lowest BCUT2D eigenvalue weighted by molar-refractivity contribution is 0.0223. The minimum Gasteiger partial charge on any atom is -0.444 e. The molecule has 1 amide bonds. The molecule has 4 rings (SSSR count). The molecule has 2 aromatic rings. The molecule has 2 aromatic carbocycles.